The molecule has 3 heterocycles. The van der Waals surface area contributed by atoms with Gasteiger partial charge in [-0.2, -0.15) is 5.10 Å². The molecule has 1 saturated carbocycles. The van der Waals surface area contributed by atoms with E-state index in [1.54, 1.807) is 28.9 Å². The molecule has 13 nitrogen and oxygen atoms in total. The van der Waals surface area contributed by atoms with Crippen LogP contribution in [0.5, 0.6) is 5.75 Å². The predicted octanol–water partition coefficient (Wildman–Crippen LogP) is 6.38. The maximum absolute atomic E-state index is 12.7. The predicted molar refractivity (Wildman–Crippen MR) is 224 cm³/mol. The van der Waals surface area contributed by atoms with Gasteiger partial charge in [-0.3, -0.25) is 14.3 Å². The van der Waals surface area contributed by atoms with Gasteiger partial charge in [0.15, 0.2) is 5.69 Å². The van der Waals surface area contributed by atoms with Gasteiger partial charge in [0, 0.05) is 48.2 Å². The van der Waals surface area contributed by atoms with Crippen molar-refractivity contribution in [3.05, 3.63) is 88.6 Å². The average Bonchev–Trinajstić information content (AvgIpc) is 3.52. The first-order valence-electron chi connectivity index (χ1n) is 19.4. The molecule has 57 heavy (non-hydrogen) atoms. The van der Waals surface area contributed by atoms with E-state index in [0.717, 1.165) is 61.4 Å². The Kier molecular flexibility index (Phi) is 15.2. The minimum atomic E-state index is -3.97. The summed E-state index contributed by atoms with van der Waals surface area (Å²) in [5.41, 5.74) is 2.72. The van der Waals surface area contributed by atoms with Gasteiger partial charge in [-0.05, 0) is 94.0 Å². The number of sulfonamides is 1. The van der Waals surface area contributed by atoms with Gasteiger partial charge >= 0.3 is 6.03 Å². The zero-order valence-corrected chi connectivity index (χ0v) is 35.0. The number of fused-ring (bicyclic) bond motifs is 3. The summed E-state index contributed by atoms with van der Waals surface area (Å²) in [4.78, 5) is 39.8. The molecule has 1 aromatic heterocycles. The van der Waals surface area contributed by atoms with Gasteiger partial charge in [-0.1, -0.05) is 67.6 Å². The molecule has 3 aliphatic rings. The molecule has 16 heteroatoms. The van der Waals surface area contributed by atoms with E-state index >= 15 is 0 Å². The number of urea groups is 1. The summed E-state index contributed by atoms with van der Waals surface area (Å²) in [5, 5.41) is 14.6. The number of aryl methyl sites for hydroxylation is 1. The number of ether oxygens (including phenoxy) is 1. The number of amides is 4. The summed E-state index contributed by atoms with van der Waals surface area (Å²) < 4.78 is 34.0. The van der Waals surface area contributed by atoms with E-state index in [0.29, 0.717) is 47.1 Å². The van der Waals surface area contributed by atoms with Crippen LogP contribution in [0.15, 0.2) is 71.6 Å². The van der Waals surface area contributed by atoms with Crippen LogP contribution in [0.2, 0.25) is 5.02 Å². The van der Waals surface area contributed by atoms with Gasteiger partial charge in [-0.15, -0.1) is 12.4 Å². The lowest BCUT2D eigenvalue weighted by Crippen LogP contribution is -2.55. The quantitative estimate of drug-likeness (QED) is 0.143. The number of carbonyl (C=O) groups is 3. The van der Waals surface area contributed by atoms with Crippen molar-refractivity contribution in [2.24, 2.45) is 7.05 Å². The average molecular weight is 843 g/mol. The molecule has 0 spiro atoms. The van der Waals surface area contributed by atoms with Crippen LogP contribution >= 0.6 is 24.0 Å². The van der Waals surface area contributed by atoms with Gasteiger partial charge < -0.3 is 25.6 Å². The minimum Gasteiger partial charge on any atom is -0.496 e. The molecule has 4 N–H and O–H groups in total. The van der Waals surface area contributed by atoms with E-state index in [-0.39, 0.29) is 41.2 Å². The molecule has 7 rings (SSSR count). The lowest BCUT2D eigenvalue weighted by Gasteiger charge is -2.47. The van der Waals surface area contributed by atoms with Gasteiger partial charge in [0.2, 0.25) is 0 Å². The number of hydrogen-bond donors (Lipinski definition) is 4. The molecular weight excluding hydrogens is 789 g/mol. The highest BCUT2D eigenvalue weighted by atomic mass is 35.5. The van der Waals surface area contributed by atoms with Crippen molar-refractivity contribution in [3.63, 3.8) is 0 Å². The Labute approximate surface area is 346 Å². The molecule has 3 aromatic carbocycles. The molecule has 4 aromatic rings. The summed E-state index contributed by atoms with van der Waals surface area (Å²) in [7, 11) is 1.63. The highest BCUT2D eigenvalue weighted by molar-refractivity contribution is 7.90. The van der Waals surface area contributed by atoms with E-state index in [1.165, 1.54) is 44.6 Å². The van der Waals surface area contributed by atoms with Crippen molar-refractivity contribution < 1.29 is 27.5 Å². The molecular formula is C41H53Cl2N7O6S. The van der Waals surface area contributed by atoms with Crippen LogP contribution in [0.25, 0.3) is 10.9 Å². The van der Waals surface area contributed by atoms with E-state index in [2.05, 4.69) is 37.7 Å². The first-order chi connectivity index (χ1) is 26.9. The summed E-state index contributed by atoms with van der Waals surface area (Å²) >= 11 is 5.96. The van der Waals surface area contributed by atoms with Crippen LogP contribution in [0.4, 0.5) is 4.79 Å². The molecule has 3 fully saturated rings. The topological polar surface area (TPSA) is 164 Å². The van der Waals surface area contributed by atoms with Gasteiger partial charge in [0.25, 0.3) is 21.8 Å². The number of nitrogens with zero attached hydrogens (tertiary/aromatic N) is 3. The van der Waals surface area contributed by atoms with E-state index in [9.17, 15) is 22.8 Å². The third kappa shape index (κ3) is 11.2. The maximum atomic E-state index is 12.7. The van der Waals surface area contributed by atoms with E-state index < -0.39 is 16.1 Å². The van der Waals surface area contributed by atoms with Crippen LogP contribution in [-0.2, 0) is 23.5 Å². The van der Waals surface area contributed by atoms with Gasteiger partial charge in [0.05, 0.1) is 23.1 Å². The zero-order valence-electron chi connectivity index (χ0n) is 32.6. The fourth-order valence-corrected chi connectivity index (χ4v) is 9.21. The third-order valence-electron chi connectivity index (χ3n) is 11.2. The molecule has 1 aliphatic carbocycles. The molecule has 2 aliphatic heterocycles. The smallest absolute Gasteiger partial charge is 0.328 e. The number of halogens is 2. The highest BCUT2D eigenvalue weighted by Gasteiger charge is 2.37. The lowest BCUT2D eigenvalue weighted by molar-refractivity contribution is 0.0462. The fourth-order valence-electron chi connectivity index (χ4n) is 8.12. The zero-order chi connectivity index (χ0) is 39.8. The lowest BCUT2D eigenvalue weighted by atomic mass is 9.82. The van der Waals surface area contributed by atoms with Crippen LogP contribution in [-0.4, -0.2) is 85.8 Å². The molecule has 2 bridgehead atoms. The number of carbonyl (C=O) groups excluding carboxylic acids is 3. The number of hydrogen-bond acceptors (Lipinski definition) is 8. The van der Waals surface area contributed by atoms with Crippen molar-refractivity contribution in [3.8, 4) is 5.75 Å². The summed E-state index contributed by atoms with van der Waals surface area (Å²) in [6.07, 6.45) is 11.4. The first kappa shape index (κ1) is 43.7. The summed E-state index contributed by atoms with van der Waals surface area (Å²) in [5.74, 6) is 0.0719. The second-order valence-electron chi connectivity index (χ2n) is 14.9. The van der Waals surface area contributed by atoms with Crippen LogP contribution < -0.4 is 25.4 Å². The Bertz CT molecular complexity index is 2110. The third-order valence-corrected chi connectivity index (χ3v) is 12.7. The van der Waals surface area contributed by atoms with Crippen molar-refractivity contribution in [1.82, 2.24) is 35.4 Å². The highest BCUT2D eigenvalue weighted by Crippen LogP contribution is 2.33. The van der Waals surface area contributed by atoms with Crippen molar-refractivity contribution in [2.75, 3.05) is 20.7 Å². The standard InChI is InChI=1S/C23H28ClN3O5S.C18H24N4O.ClH/c1-32-21-12-9-17(24)15-20(21)22(28)25-14-13-16-7-10-19(11-8-16)33(30,31)27-23(29)26-18-5-3-2-4-6-18;1-21-13-6-5-7-14(21)11-12(10-13)19-18(23)17-15-8-3-4-9-16(15)22(2)20-17;/h7-12,15,18H,2-6,13-14H2,1H3,(H,25,28)(H2,26,27,29);3-4,8-9,12-14H,5-7,10-11H2,1-2H3,(H,19,23);1H/t;12?,13-,14+;. The minimum absolute atomic E-state index is 0. The fraction of sp³-hybridized carbons (Fsp3) is 0.463. The van der Waals surface area contributed by atoms with Crippen molar-refractivity contribution in [2.45, 2.75) is 99.7 Å². The number of benzene rings is 3. The second-order valence-corrected chi connectivity index (χ2v) is 17.1. The Morgan fingerprint density at radius 2 is 1.53 bits per heavy atom. The number of methoxy groups -OCH3 is 1. The Morgan fingerprint density at radius 1 is 0.842 bits per heavy atom. The molecule has 4 amide bonds. The molecule has 2 saturated heterocycles. The Balaban J connectivity index is 0.000000226. The molecule has 308 valence electrons. The second kappa shape index (κ2) is 19.9. The molecule has 0 radical (unpaired) electrons. The van der Waals surface area contributed by atoms with Crippen LogP contribution in [0.3, 0.4) is 0 Å². The van der Waals surface area contributed by atoms with Crippen molar-refractivity contribution >= 4 is 62.8 Å². The number of rotatable bonds is 10. The maximum Gasteiger partial charge on any atom is 0.328 e. The molecule has 1 unspecified atom stereocenters. The Hall–Kier alpha value is -4.37. The van der Waals surface area contributed by atoms with Gasteiger partial charge in [0.1, 0.15) is 5.75 Å². The Morgan fingerprint density at radius 3 is 2.21 bits per heavy atom. The number of piperidine rings is 2. The van der Waals surface area contributed by atoms with Crippen LogP contribution in [0, 0.1) is 0 Å². The number of nitrogens with one attached hydrogen (secondary N) is 4. The van der Waals surface area contributed by atoms with Gasteiger partial charge in [-0.25, -0.2) is 17.9 Å². The van der Waals surface area contributed by atoms with Crippen molar-refractivity contribution in [1.29, 1.82) is 0 Å². The first-order valence-corrected chi connectivity index (χ1v) is 21.3. The number of aromatic nitrogens is 2. The molecule has 3 atom stereocenters. The van der Waals surface area contributed by atoms with E-state index in [4.69, 9.17) is 16.3 Å². The SMILES string of the molecule is CN1[C@@H]2CCC[C@H]1CC(NC(=O)c1nn(C)c3ccccc13)C2.COc1ccc(Cl)cc1C(=O)NCCc1ccc(S(=O)(=O)NC(=O)NC2CCCCC2)cc1.Cl. The number of para-hydroxylation sites is 1. The van der Waals surface area contributed by atoms with Crippen LogP contribution in [0.1, 0.15) is 90.6 Å². The monoisotopic (exact) mass is 841 g/mol. The summed E-state index contributed by atoms with van der Waals surface area (Å²) in [6.45, 7) is 0.336. The normalized spacial score (nSPS) is 19.6. The van der Waals surface area contributed by atoms with E-state index in [1.807, 2.05) is 31.3 Å². The summed E-state index contributed by atoms with van der Waals surface area (Å²) in [6, 6.07) is 19.7. The largest absolute Gasteiger partial charge is 0.496 e.